The van der Waals surface area contributed by atoms with Crippen molar-refractivity contribution >= 4 is 22.9 Å². The quantitative estimate of drug-likeness (QED) is 0.617. The van der Waals surface area contributed by atoms with Gasteiger partial charge in [-0.2, -0.15) is 0 Å². The summed E-state index contributed by atoms with van der Waals surface area (Å²) in [5.74, 6) is 0. The van der Waals surface area contributed by atoms with E-state index in [1.165, 1.54) is 4.88 Å². The maximum absolute atomic E-state index is 5.96. The summed E-state index contributed by atoms with van der Waals surface area (Å²) in [5.41, 5.74) is 0. The Kier molecular flexibility index (Phi) is 3.23. The molecule has 0 spiro atoms. The van der Waals surface area contributed by atoms with Crippen molar-refractivity contribution in [2.24, 2.45) is 0 Å². The number of hydrogen-bond donors (Lipinski definition) is 0. The Morgan fingerprint density at radius 2 is 2.50 bits per heavy atom. The Labute approximate surface area is 70.8 Å². The molecule has 0 aliphatic rings. The molecule has 0 saturated heterocycles. The largest absolute Gasteiger partial charge is 0.149 e. The molecule has 0 radical (unpaired) electrons. The van der Waals surface area contributed by atoms with Gasteiger partial charge in [0, 0.05) is 10.3 Å². The Morgan fingerprint density at radius 3 is 3.00 bits per heavy atom. The van der Waals surface area contributed by atoms with E-state index in [4.69, 9.17) is 11.6 Å². The van der Waals surface area contributed by atoms with Gasteiger partial charge in [0.05, 0.1) is 0 Å². The van der Waals surface area contributed by atoms with Crippen LogP contribution in [0.25, 0.3) is 0 Å². The average Bonchev–Trinajstić information content (AvgIpc) is 2.40. The SMILES string of the molecule is CC[C@H](Cl)Cc1cccs1. The fourth-order valence-electron chi connectivity index (χ4n) is 0.791. The van der Waals surface area contributed by atoms with E-state index in [-0.39, 0.29) is 0 Å². The van der Waals surface area contributed by atoms with E-state index >= 15 is 0 Å². The van der Waals surface area contributed by atoms with E-state index in [9.17, 15) is 0 Å². The normalized spacial score (nSPS) is 13.4. The van der Waals surface area contributed by atoms with E-state index in [1.807, 2.05) is 0 Å². The highest BCUT2D eigenvalue weighted by Crippen LogP contribution is 2.15. The molecule has 56 valence electrons. The standard InChI is InChI=1S/C8H11ClS/c1-2-7(9)6-8-4-3-5-10-8/h3-5,7H,2,6H2,1H3/t7-/m0/s1. The maximum atomic E-state index is 5.96. The fraction of sp³-hybridized carbons (Fsp3) is 0.500. The summed E-state index contributed by atoms with van der Waals surface area (Å²) in [6, 6.07) is 4.20. The lowest BCUT2D eigenvalue weighted by Gasteiger charge is -2.01. The highest BCUT2D eigenvalue weighted by Gasteiger charge is 2.02. The van der Waals surface area contributed by atoms with Gasteiger partial charge in [0.15, 0.2) is 0 Å². The lowest BCUT2D eigenvalue weighted by atomic mass is 10.2. The van der Waals surface area contributed by atoms with E-state index in [1.54, 1.807) is 11.3 Å². The third kappa shape index (κ3) is 2.31. The second-order valence-corrected chi connectivity index (χ2v) is 3.94. The van der Waals surface area contributed by atoms with Gasteiger partial charge in [0.2, 0.25) is 0 Å². The summed E-state index contributed by atoms with van der Waals surface area (Å²) in [6.07, 6.45) is 2.08. The van der Waals surface area contributed by atoms with Gasteiger partial charge in [-0.3, -0.25) is 0 Å². The van der Waals surface area contributed by atoms with E-state index < -0.39 is 0 Å². The molecule has 0 bridgehead atoms. The zero-order valence-electron chi connectivity index (χ0n) is 6.01. The Hall–Kier alpha value is -0.0100. The first-order valence-corrected chi connectivity index (χ1v) is 4.81. The van der Waals surface area contributed by atoms with Crippen molar-refractivity contribution in [1.82, 2.24) is 0 Å². The first-order valence-electron chi connectivity index (χ1n) is 3.49. The molecule has 0 fully saturated rings. The molecule has 1 atom stereocenters. The van der Waals surface area contributed by atoms with Crippen molar-refractivity contribution in [3.8, 4) is 0 Å². The minimum absolute atomic E-state index is 0.318. The molecule has 0 nitrogen and oxygen atoms in total. The van der Waals surface area contributed by atoms with Gasteiger partial charge >= 0.3 is 0 Å². The predicted molar refractivity (Wildman–Crippen MR) is 48.0 cm³/mol. The van der Waals surface area contributed by atoms with Crippen molar-refractivity contribution < 1.29 is 0 Å². The Morgan fingerprint density at radius 1 is 1.70 bits per heavy atom. The van der Waals surface area contributed by atoms with Crippen LogP contribution in [0.4, 0.5) is 0 Å². The first-order chi connectivity index (χ1) is 4.83. The van der Waals surface area contributed by atoms with E-state index in [0.29, 0.717) is 5.38 Å². The smallest absolute Gasteiger partial charge is 0.0381 e. The molecule has 0 aliphatic carbocycles. The third-order valence-corrected chi connectivity index (χ3v) is 2.81. The third-order valence-electron chi connectivity index (χ3n) is 1.45. The molecule has 0 N–H and O–H groups in total. The van der Waals surface area contributed by atoms with Gasteiger partial charge in [-0.1, -0.05) is 13.0 Å². The van der Waals surface area contributed by atoms with E-state index in [0.717, 1.165) is 12.8 Å². The molecular formula is C8H11ClS. The van der Waals surface area contributed by atoms with Crippen molar-refractivity contribution in [1.29, 1.82) is 0 Å². The maximum Gasteiger partial charge on any atom is 0.0381 e. The van der Waals surface area contributed by atoms with Gasteiger partial charge in [0.25, 0.3) is 0 Å². The van der Waals surface area contributed by atoms with Crippen LogP contribution in [0.3, 0.4) is 0 Å². The minimum atomic E-state index is 0.318. The Bertz CT molecular complexity index is 169. The number of rotatable bonds is 3. The topological polar surface area (TPSA) is 0 Å². The van der Waals surface area contributed by atoms with Crippen LogP contribution in [-0.4, -0.2) is 5.38 Å². The van der Waals surface area contributed by atoms with Gasteiger partial charge < -0.3 is 0 Å². The number of alkyl halides is 1. The van der Waals surface area contributed by atoms with Crippen LogP contribution in [0.5, 0.6) is 0 Å². The molecule has 1 aromatic heterocycles. The minimum Gasteiger partial charge on any atom is -0.149 e. The molecular weight excluding hydrogens is 164 g/mol. The highest BCUT2D eigenvalue weighted by atomic mass is 35.5. The van der Waals surface area contributed by atoms with Crippen molar-refractivity contribution in [2.45, 2.75) is 25.1 Å². The monoisotopic (exact) mass is 174 g/mol. The van der Waals surface area contributed by atoms with Gasteiger partial charge in [-0.05, 0) is 24.3 Å². The molecule has 10 heavy (non-hydrogen) atoms. The average molecular weight is 175 g/mol. The van der Waals surface area contributed by atoms with Crippen LogP contribution in [0.15, 0.2) is 17.5 Å². The molecule has 0 unspecified atom stereocenters. The molecule has 0 amide bonds. The molecule has 1 heterocycles. The van der Waals surface area contributed by atoms with Crippen LogP contribution in [0.1, 0.15) is 18.2 Å². The van der Waals surface area contributed by atoms with E-state index in [2.05, 4.69) is 24.4 Å². The summed E-state index contributed by atoms with van der Waals surface area (Å²) < 4.78 is 0. The lowest BCUT2D eigenvalue weighted by molar-refractivity contribution is 0.814. The molecule has 1 rings (SSSR count). The van der Waals surface area contributed by atoms with Crippen LogP contribution in [-0.2, 0) is 6.42 Å². The fourth-order valence-corrected chi connectivity index (χ4v) is 1.84. The molecule has 2 heteroatoms. The second-order valence-electron chi connectivity index (χ2n) is 2.29. The molecule has 0 aliphatic heterocycles. The zero-order chi connectivity index (χ0) is 7.40. The highest BCUT2D eigenvalue weighted by molar-refractivity contribution is 7.09. The van der Waals surface area contributed by atoms with Crippen LogP contribution >= 0.6 is 22.9 Å². The molecule has 1 aromatic rings. The first kappa shape index (κ1) is 8.09. The Balaban J connectivity index is 2.40. The van der Waals surface area contributed by atoms with Crippen molar-refractivity contribution in [3.63, 3.8) is 0 Å². The lowest BCUT2D eigenvalue weighted by Crippen LogP contribution is -1.98. The number of hydrogen-bond acceptors (Lipinski definition) is 1. The summed E-state index contributed by atoms with van der Waals surface area (Å²) in [7, 11) is 0. The summed E-state index contributed by atoms with van der Waals surface area (Å²) >= 11 is 7.75. The predicted octanol–water partition coefficient (Wildman–Crippen LogP) is 3.31. The van der Waals surface area contributed by atoms with Crippen LogP contribution < -0.4 is 0 Å². The van der Waals surface area contributed by atoms with Crippen LogP contribution in [0.2, 0.25) is 0 Å². The summed E-state index contributed by atoms with van der Waals surface area (Å²) in [6.45, 7) is 2.12. The second kappa shape index (κ2) is 3.99. The number of halogens is 1. The zero-order valence-corrected chi connectivity index (χ0v) is 7.58. The van der Waals surface area contributed by atoms with Crippen molar-refractivity contribution in [2.75, 3.05) is 0 Å². The summed E-state index contributed by atoms with van der Waals surface area (Å²) in [4.78, 5) is 1.39. The summed E-state index contributed by atoms with van der Waals surface area (Å²) in [5, 5.41) is 2.41. The van der Waals surface area contributed by atoms with Crippen LogP contribution in [0, 0.1) is 0 Å². The van der Waals surface area contributed by atoms with Gasteiger partial charge in [-0.25, -0.2) is 0 Å². The number of thiophene rings is 1. The van der Waals surface area contributed by atoms with Gasteiger partial charge in [0.1, 0.15) is 0 Å². The van der Waals surface area contributed by atoms with Crippen molar-refractivity contribution in [3.05, 3.63) is 22.4 Å². The van der Waals surface area contributed by atoms with Gasteiger partial charge in [-0.15, -0.1) is 22.9 Å². The molecule has 0 saturated carbocycles. The molecule has 0 aromatic carbocycles.